The van der Waals surface area contributed by atoms with Gasteiger partial charge in [0.2, 0.25) is 0 Å². The van der Waals surface area contributed by atoms with Gasteiger partial charge in [0.05, 0.1) is 6.61 Å². The number of hydrogen-bond donors (Lipinski definition) is 0. The van der Waals surface area contributed by atoms with Crippen LogP contribution in [0.4, 0.5) is 17.6 Å². The van der Waals surface area contributed by atoms with Gasteiger partial charge in [-0.2, -0.15) is 8.78 Å². The van der Waals surface area contributed by atoms with E-state index in [0.717, 1.165) is 32.1 Å². The monoisotopic (exact) mass is 386 g/mol. The van der Waals surface area contributed by atoms with Gasteiger partial charge < -0.3 is 9.47 Å². The van der Waals surface area contributed by atoms with Crippen LogP contribution in [0.5, 0.6) is 0 Å². The molecular weight excluding hydrogens is 356 g/mol. The first-order valence-electron chi connectivity index (χ1n) is 9.18. The normalized spacial score (nSPS) is 12.3. The van der Waals surface area contributed by atoms with E-state index in [1.165, 1.54) is 13.8 Å². The smallest absolute Gasteiger partial charge is 0.340 e. The van der Waals surface area contributed by atoms with Crippen LogP contribution in [0, 0.1) is 5.41 Å². The Labute approximate surface area is 152 Å². The number of carbonyl (C=O) groups excluding carboxylic acids is 2. The minimum Gasteiger partial charge on any atom is -0.465 e. The molecule has 0 atom stereocenters. The molecular formula is C18H30F4O4. The molecule has 0 aliphatic heterocycles. The first kappa shape index (κ1) is 24.7. The Kier molecular flexibility index (Phi) is 11.5. The van der Waals surface area contributed by atoms with Crippen molar-refractivity contribution < 1.29 is 36.6 Å². The highest BCUT2D eigenvalue weighted by Crippen LogP contribution is 2.32. The van der Waals surface area contributed by atoms with Gasteiger partial charge in [-0.1, -0.05) is 52.9 Å². The van der Waals surface area contributed by atoms with Crippen LogP contribution in [0.1, 0.15) is 72.1 Å². The Balaban J connectivity index is 4.60. The summed E-state index contributed by atoms with van der Waals surface area (Å²) in [4.78, 5) is 24.4. The summed E-state index contributed by atoms with van der Waals surface area (Å²) >= 11 is 0. The minimum atomic E-state index is -4.45. The van der Waals surface area contributed by atoms with Gasteiger partial charge in [-0.25, -0.2) is 8.78 Å². The van der Waals surface area contributed by atoms with Crippen molar-refractivity contribution in [3.8, 4) is 0 Å². The van der Waals surface area contributed by atoms with Crippen LogP contribution in [0.3, 0.4) is 0 Å². The fourth-order valence-electron chi connectivity index (χ4n) is 2.46. The van der Waals surface area contributed by atoms with Gasteiger partial charge in [-0.15, -0.1) is 0 Å². The van der Waals surface area contributed by atoms with E-state index in [0.29, 0.717) is 6.42 Å². The molecule has 26 heavy (non-hydrogen) atoms. The lowest BCUT2D eigenvalue weighted by Gasteiger charge is -2.27. The molecule has 0 aliphatic rings. The van der Waals surface area contributed by atoms with E-state index in [-0.39, 0.29) is 19.4 Å². The highest BCUT2D eigenvalue weighted by molar-refractivity contribution is 6.00. The van der Waals surface area contributed by atoms with Gasteiger partial charge in [-0.3, -0.25) is 9.59 Å². The molecule has 0 saturated heterocycles. The summed E-state index contributed by atoms with van der Waals surface area (Å²) in [5.41, 5.74) is -1.75. The third-order valence-corrected chi connectivity index (χ3v) is 4.43. The van der Waals surface area contributed by atoms with E-state index in [1.54, 1.807) is 0 Å². The van der Waals surface area contributed by atoms with Crippen LogP contribution >= 0.6 is 0 Å². The van der Waals surface area contributed by atoms with Crippen molar-refractivity contribution >= 4 is 11.9 Å². The van der Waals surface area contributed by atoms with Crippen LogP contribution in [-0.2, 0) is 19.1 Å². The van der Waals surface area contributed by atoms with Gasteiger partial charge in [0.15, 0.2) is 12.0 Å². The molecule has 0 aromatic rings. The zero-order valence-electron chi connectivity index (χ0n) is 15.8. The molecule has 0 aliphatic carbocycles. The average Bonchev–Trinajstić information content (AvgIpc) is 2.60. The zero-order valence-corrected chi connectivity index (χ0v) is 15.8. The van der Waals surface area contributed by atoms with E-state index in [1.807, 2.05) is 0 Å². The Hall–Kier alpha value is -1.34. The van der Waals surface area contributed by atoms with E-state index in [9.17, 15) is 27.2 Å². The lowest BCUT2D eigenvalue weighted by atomic mass is 9.82. The molecule has 0 aromatic heterocycles. The Morgan fingerprint density at radius 2 is 1.35 bits per heavy atom. The summed E-state index contributed by atoms with van der Waals surface area (Å²) in [5, 5.41) is 0. The van der Waals surface area contributed by atoms with Crippen molar-refractivity contribution in [2.45, 2.75) is 84.5 Å². The van der Waals surface area contributed by atoms with E-state index in [4.69, 9.17) is 4.74 Å². The third-order valence-electron chi connectivity index (χ3n) is 4.43. The van der Waals surface area contributed by atoms with Crippen LogP contribution in [0.2, 0.25) is 0 Å². The summed E-state index contributed by atoms with van der Waals surface area (Å²) < 4.78 is 59.7. The molecule has 0 heterocycles. The average molecular weight is 386 g/mol. The SMILES string of the molecule is CCCCCCCCOC(=O)C(CC)(CC)C(=O)OCC(F)(F)C(F)F. The van der Waals surface area contributed by atoms with Crippen molar-refractivity contribution in [2.24, 2.45) is 5.41 Å². The molecule has 0 radical (unpaired) electrons. The molecule has 0 amide bonds. The lowest BCUT2D eigenvalue weighted by molar-refractivity contribution is -0.192. The minimum absolute atomic E-state index is 0.0298. The molecule has 4 nitrogen and oxygen atoms in total. The highest BCUT2D eigenvalue weighted by atomic mass is 19.3. The molecule has 0 fully saturated rings. The van der Waals surface area contributed by atoms with Crippen molar-refractivity contribution in [3.05, 3.63) is 0 Å². The molecule has 0 spiro atoms. The topological polar surface area (TPSA) is 52.6 Å². The third kappa shape index (κ3) is 7.50. The van der Waals surface area contributed by atoms with Crippen LogP contribution in [-0.4, -0.2) is 37.5 Å². The van der Waals surface area contributed by atoms with Gasteiger partial charge in [0, 0.05) is 0 Å². The van der Waals surface area contributed by atoms with E-state index < -0.39 is 36.3 Å². The number of ether oxygens (including phenoxy) is 2. The fraction of sp³-hybridized carbons (Fsp3) is 0.889. The molecule has 0 N–H and O–H groups in total. The van der Waals surface area contributed by atoms with Gasteiger partial charge in [0.1, 0.15) is 0 Å². The lowest BCUT2D eigenvalue weighted by Crippen LogP contribution is -2.43. The van der Waals surface area contributed by atoms with E-state index >= 15 is 0 Å². The summed E-state index contributed by atoms with van der Waals surface area (Å²) in [7, 11) is 0. The summed E-state index contributed by atoms with van der Waals surface area (Å²) in [6.45, 7) is 3.49. The number of alkyl halides is 4. The quantitative estimate of drug-likeness (QED) is 0.180. The van der Waals surface area contributed by atoms with Crippen LogP contribution in [0.25, 0.3) is 0 Å². The Morgan fingerprint density at radius 3 is 1.85 bits per heavy atom. The zero-order chi connectivity index (χ0) is 20.2. The Bertz CT molecular complexity index is 423. The second-order valence-electron chi connectivity index (χ2n) is 6.33. The summed E-state index contributed by atoms with van der Waals surface area (Å²) in [6, 6.07) is 0. The van der Waals surface area contributed by atoms with Gasteiger partial charge in [-0.05, 0) is 19.3 Å². The van der Waals surface area contributed by atoms with Crippen molar-refractivity contribution in [2.75, 3.05) is 13.2 Å². The molecule has 0 unspecified atom stereocenters. The number of rotatable bonds is 14. The largest absolute Gasteiger partial charge is 0.465 e. The van der Waals surface area contributed by atoms with Crippen molar-refractivity contribution in [1.82, 2.24) is 0 Å². The number of esters is 2. The number of unbranched alkanes of at least 4 members (excludes halogenated alkanes) is 5. The van der Waals surface area contributed by atoms with Gasteiger partial charge in [0.25, 0.3) is 0 Å². The summed E-state index contributed by atoms with van der Waals surface area (Å²) in [5.74, 6) is -6.57. The maximum Gasteiger partial charge on any atom is 0.340 e. The maximum atomic E-state index is 12.9. The number of halogens is 4. The van der Waals surface area contributed by atoms with Crippen LogP contribution < -0.4 is 0 Å². The highest BCUT2D eigenvalue weighted by Gasteiger charge is 2.49. The molecule has 0 bridgehead atoms. The number of hydrogen-bond acceptors (Lipinski definition) is 4. The molecule has 0 rings (SSSR count). The van der Waals surface area contributed by atoms with E-state index in [2.05, 4.69) is 11.7 Å². The second kappa shape index (κ2) is 12.1. The molecule has 154 valence electrons. The number of carbonyl (C=O) groups is 2. The second-order valence-corrected chi connectivity index (χ2v) is 6.33. The molecule has 8 heteroatoms. The van der Waals surface area contributed by atoms with Gasteiger partial charge >= 0.3 is 24.3 Å². The molecule has 0 saturated carbocycles. The summed E-state index contributed by atoms with van der Waals surface area (Å²) in [6.07, 6.45) is 1.89. The maximum absolute atomic E-state index is 12.9. The van der Waals surface area contributed by atoms with Crippen molar-refractivity contribution in [3.63, 3.8) is 0 Å². The fourth-order valence-corrected chi connectivity index (χ4v) is 2.46. The predicted molar refractivity (Wildman–Crippen MR) is 89.3 cm³/mol. The first-order valence-corrected chi connectivity index (χ1v) is 9.18. The standard InChI is InChI=1S/C18H30F4O4/c1-4-7-8-9-10-11-12-25-15(23)17(5-2,6-3)16(24)26-13-18(21,22)14(19)20/h14H,4-13H2,1-3H3. The van der Waals surface area contributed by atoms with Crippen LogP contribution in [0.15, 0.2) is 0 Å². The molecule has 0 aromatic carbocycles. The van der Waals surface area contributed by atoms with Crippen molar-refractivity contribution in [1.29, 1.82) is 0 Å². The first-order chi connectivity index (χ1) is 12.2. The predicted octanol–water partition coefficient (Wildman–Crippen LogP) is 5.14. The Morgan fingerprint density at radius 1 is 0.846 bits per heavy atom.